The Bertz CT molecular complexity index is 3460. The number of rotatable bonds is 2. The van der Waals surface area contributed by atoms with Crippen LogP contribution < -0.4 is 0 Å². The van der Waals surface area contributed by atoms with E-state index in [0.717, 1.165) is 12.8 Å². The molecule has 0 saturated carbocycles. The van der Waals surface area contributed by atoms with Crippen LogP contribution in [0.2, 0.25) is 0 Å². The van der Waals surface area contributed by atoms with Gasteiger partial charge in [-0.3, -0.25) is 0 Å². The molecule has 14 rings (SSSR count). The molecule has 4 aliphatic carbocycles. The lowest BCUT2D eigenvalue weighted by atomic mass is 9.67. The van der Waals surface area contributed by atoms with Crippen LogP contribution in [0.1, 0.15) is 39.8 Å². The van der Waals surface area contributed by atoms with Crippen molar-refractivity contribution in [1.82, 2.24) is 0 Å². The molecule has 0 nitrogen and oxygen atoms in total. The molecule has 0 atom stereocenters. The summed E-state index contributed by atoms with van der Waals surface area (Å²) in [6, 6.07) is 69.3. The van der Waals surface area contributed by atoms with Crippen LogP contribution in [-0.4, -0.2) is 0 Å². The fourth-order valence-corrected chi connectivity index (χ4v) is 12.0. The summed E-state index contributed by atoms with van der Waals surface area (Å²) < 4.78 is 0. The summed E-state index contributed by atoms with van der Waals surface area (Å²) in [6.07, 6.45) is 7.00. The molecule has 0 saturated heterocycles. The van der Waals surface area contributed by atoms with Gasteiger partial charge in [0.05, 0.1) is 5.41 Å². The minimum Gasteiger partial charge on any atom is -0.0836 e. The lowest BCUT2D eigenvalue weighted by Gasteiger charge is -2.34. The number of hydrogen-bond donors (Lipinski definition) is 0. The summed E-state index contributed by atoms with van der Waals surface area (Å²) in [6.45, 7) is 0. The maximum atomic E-state index is 2.47. The Kier molecular flexibility index (Phi) is 6.16. The molecule has 10 aromatic rings. The second-order valence-electron chi connectivity index (χ2n) is 16.9. The molecule has 0 aromatic heterocycles. The summed E-state index contributed by atoms with van der Waals surface area (Å²) in [7, 11) is 0. The van der Waals surface area contributed by atoms with E-state index >= 15 is 0 Å². The highest BCUT2D eigenvalue weighted by molar-refractivity contribution is 6.21. The third-order valence-corrected chi connectivity index (χ3v) is 14.3. The topological polar surface area (TPSA) is 0 Å². The fraction of sp³-hybridized carbons (Fsp3) is 0.0508. The monoisotopic (exact) mass is 744 g/mol. The molecule has 0 heterocycles. The van der Waals surface area contributed by atoms with Crippen molar-refractivity contribution < 1.29 is 0 Å². The molecule has 272 valence electrons. The zero-order valence-corrected chi connectivity index (χ0v) is 32.4. The molecule has 10 aromatic carbocycles. The van der Waals surface area contributed by atoms with Crippen molar-refractivity contribution in [3.63, 3.8) is 0 Å². The molecular weight excluding hydrogens is 709 g/mol. The Morgan fingerprint density at radius 3 is 1.73 bits per heavy atom. The van der Waals surface area contributed by atoms with Crippen molar-refractivity contribution in [2.75, 3.05) is 0 Å². The lowest BCUT2D eigenvalue weighted by Crippen LogP contribution is -2.27. The van der Waals surface area contributed by atoms with E-state index in [1.54, 1.807) is 0 Å². The van der Waals surface area contributed by atoms with Crippen molar-refractivity contribution in [2.45, 2.75) is 18.3 Å². The average Bonchev–Trinajstić information content (AvgIpc) is 3.92. The zero-order chi connectivity index (χ0) is 38.4. The number of benzene rings is 10. The Labute approximate surface area is 343 Å². The first kappa shape index (κ1) is 31.8. The van der Waals surface area contributed by atoms with Crippen LogP contribution >= 0.6 is 0 Å². The van der Waals surface area contributed by atoms with Crippen LogP contribution in [0.15, 0.2) is 188 Å². The highest BCUT2D eigenvalue weighted by atomic mass is 14.5. The van der Waals surface area contributed by atoms with Gasteiger partial charge in [0.15, 0.2) is 0 Å². The summed E-state index contributed by atoms with van der Waals surface area (Å²) in [5.41, 5.74) is 23.9. The van der Waals surface area contributed by atoms with Gasteiger partial charge >= 0.3 is 0 Å². The van der Waals surface area contributed by atoms with Crippen LogP contribution in [0.4, 0.5) is 0 Å². The molecule has 0 N–H and O–H groups in total. The van der Waals surface area contributed by atoms with Crippen molar-refractivity contribution in [3.05, 3.63) is 221 Å². The van der Waals surface area contributed by atoms with Gasteiger partial charge in [0.2, 0.25) is 0 Å². The normalized spacial score (nSPS) is 14.4. The van der Waals surface area contributed by atoms with Gasteiger partial charge in [-0.15, -0.1) is 0 Å². The SMILES string of the molecule is C1=Cc2c(ccc3c2C2(c4ccccc4-c4ccccc42)c2c-3c3ccccc3c3cc(-c4ccc(-c5ccc6c7c(cccc57)-c5ccccc5-6)cc4)ccc23)CC1. The number of fused-ring (bicyclic) bond motifs is 20. The molecule has 1 spiro atoms. The van der Waals surface area contributed by atoms with Gasteiger partial charge in [-0.25, -0.2) is 0 Å². The summed E-state index contributed by atoms with van der Waals surface area (Å²) in [4.78, 5) is 0. The summed E-state index contributed by atoms with van der Waals surface area (Å²) in [5, 5.41) is 7.97. The maximum absolute atomic E-state index is 2.47. The minimum atomic E-state index is -0.433. The van der Waals surface area contributed by atoms with Crippen molar-refractivity contribution >= 4 is 38.4 Å². The summed E-state index contributed by atoms with van der Waals surface area (Å²) in [5.74, 6) is 0. The Morgan fingerprint density at radius 2 is 0.949 bits per heavy atom. The molecule has 4 aliphatic rings. The Hall–Kier alpha value is -7.28. The molecule has 0 heteroatoms. The van der Waals surface area contributed by atoms with E-state index in [1.807, 2.05) is 0 Å². The molecule has 0 fully saturated rings. The Morgan fingerprint density at radius 1 is 0.356 bits per heavy atom. The first-order valence-electron chi connectivity index (χ1n) is 21.1. The lowest BCUT2D eigenvalue weighted by molar-refractivity contribution is 0.794. The molecule has 0 aliphatic heterocycles. The van der Waals surface area contributed by atoms with E-state index in [2.05, 4.69) is 194 Å². The van der Waals surface area contributed by atoms with Gasteiger partial charge in [0, 0.05) is 0 Å². The van der Waals surface area contributed by atoms with Gasteiger partial charge < -0.3 is 0 Å². The van der Waals surface area contributed by atoms with Crippen molar-refractivity contribution in [3.8, 4) is 66.8 Å². The quantitative estimate of drug-likeness (QED) is 0.155. The van der Waals surface area contributed by atoms with Gasteiger partial charge in [-0.2, -0.15) is 0 Å². The van der Waals surface area contributed by atoms with E-state index < -0.39 is 5.41 Å². The zero-order valence-electron chi connectivity index (χ0n) is 32.4. The van der Waals surface area contributed by atoms with Crippen LogP contribution in [0.25, 0.3) is 105 Å². The average molecular weight is 745 g/mol. The van der Waals surface area contributed by atoms with Crippen LogP contribution in [-0.2, 0) is 11.8 Å². The number of allylic oxidation sites excluding steroid dienone is 1. The largest absolute Gasteiger partial charge is 0.0836 e. The highest BCUT2D eigenvalue weighted by Gasteiger charge is 2.54. The Balaban J connectivity index is 0.994. The van der Waals surface area contributed by atoms with Gasteiger partial charge in [0.1, 0.15) is 0 Å². The predicted molar refractivity (Wildman–Crippen MR) is 248 cm³/mol. The smallest absolute Gasteiger partial charge is 0.0737 e. The number of aryl methyl sites for hydroxylation is 1. The molecule has 0 amide bonds. The van der Waals surface area contributed by atoms with Gasteiger partial charge in [-0.05, 0) is 151 Å². The van der Waals surface area contributed by atoms with Gasteiger partial charge in [0.25, 0.3) is 0 Å². The molecule has 0 radical (unpaired) electrons. The summed E-state index contributed by atoms with van der Waals surface area (Å²) >= 11 is 0. The maximum Gasteiger partial charge on any atom is 0.0737 e. The first-order valence-corrected chi connectivity index (χ1v) is 21.1. The van der Waals surface area contributed by atoms with Crippen molar-refractivity contribution in [1.29, 1.82) is 0 Å². The first-order chi connectivity index (χ1) is 29.3. The van der Waals surface area contributed by atoms with Crippen LogP contribution in [0.3, 0.4) is 0 Å². The number of hydrogen-bond acceptors (Lipinski definition) is 0. The third kappa shape index (κ3) is 3.94. The van der Waals surface area contributed by atoms with Crippen LogP contribution in [0.5, 0.6) is 0 Å². The van der Waals surface area contributed by atoms with E-state index in [-0.39, 0.29) is 0 Å². The third-order valence-electron chi connectivity index (χ3n) is 14.3. The molecular formula is C59H36. The van der Waals surface area contributed by atoms with Gasteiger partial charge in [-0.1, -0.05) is 188 Å². The van der Waals surface area contributed by atoms with E-state index in [0.29, 0.717) is 0 Å². The molecule has 0 unspecified atom stereocenters. The standard InChI is InChI=1S/C59H36/c1-2-13-40-36(12-1)28-31-51-56-48-19-6-5-16-43(48)52-34-38(29-30-50(52)58(56)59(57(40)51)53-22-9-7-17-44(53)45-18-8-10-23-54(45)59)35-24-26-37(27-25-35)39-32-33-49-42-15-4-3-14-41(42)47-21-11-20-46(39)55(47)49/h2-11,13-34H,1,12H2. The minimum absolute atomic E-state index is 0.433. The molecule has 0 bridgehead atoms. The van der Waals surface area contributed by atoms with E-state index in [1.165, 1.54) is 132 Å². The van der Waals surface area contributed by atoms with E-state index in [4.69, 9.17) is 0 Å². The second kappa shape index (κ2) is 11.4. The van der Waals surface area contributed by atoms with E-state index in [9.17, 15) is 0 Å². The van der Waals surface area contributed by atoms with Crippen LogP contribution in [0, 0.1) is 0 Å². The second-order valence-corrected chi connectivity index (χ2v) is 16.9. The fourth-order valence-electron chi connectivity index (χ4n) is 12.0. The van der Waals surface area contributed by atoms with Crippen molar-refractivity contribution in [2.24, 2.45) is 0 Å². The molecule has 59 heavy (non-hydrogen) atoms. The highest BCUT2D eigenvalue weighted by Crippen LogP contribution is 2.66. The predicted octanol–water partition coefficient (Wildman–Crippen LogP) is 15.4.